The first-order valence-corrected chi connectivity index (χ1v) is 8.52. The Hall–Kier alpha value is -1.51. The Labute approximate surface area is 123 Å². The SMILES string of the molecule is N[C@@H]1CCCC[C@H]1NS(=O)(=O)Cc1ccccc1[N+](=O)[O-]. The van der Waals surface area contributed by atoms with Crippen LogP contribution < -0.4 is 10.5 Å². The molecule has 21 heavy (non-hydrogen) atoms. The number of nitro groups is 1. The molecule has 116 valence electrons. The highest BCUT2D eigenvalue weighted by Gasteiger charge is 2.27. The molecule has 0 amide bonds. The maximum absolute atomic E-state index is 12.2. The average Bonchev–Trinajstić information content (AvgIpc) is 2.41. The van der Waals surface area contributed by atoms with Crippen molar-refractivity contribution in [2.24, 2.45) is 5.73 Å². The summed E-state index contributed by atoms with van der Waals surface area (Å²) in [6, 6.07) is 5.38. The lowest BCUT2D eigenvalue weighted by molar-refractivity contribution is -0.385. The molecule has 3 N–H and O–H groups in total. The minimum absolute atomic E-state index is 0.180. The first kappa shape index (κ1) is 15.9. The molecule has 0 heterocycles. The lowest BCUT2D eigenvalue weighted by Crippen LogP contribution is -2.49. The number of nitro benzene ring substituents is 1. The van der Waals surface area contributed by atoms with Gasteiger partial charge in [0, 0.05) is 23.7 Å². The van der Waals surface area contributed by atoms with Gasteiger partial charge < -0.3 is 5.73 Å². The molecule has 0 unspecified atom stereocenters. The molecule has 1 fully saturated rings. The van der Waals surface area contributed by atoms with Gasteiger partial charge in [0.2, 0.25) is 10.0 Å². The minimum Gasteiger partial charge on any atom is -0.326 e. The molecule has 1 saturated carbocycles. The highest BCUT2D eigenvalue weighted by atomic mass is 32.2. The maximum Gasteiger partial charge on any atom is 0.273 e. The van der Waals surface area contributed by atoms with Gasteiger partial charge >= 0.3 is 0 Å². The van der Waals surface area contributed by atoms with Gasteiger partial charge in [-0.05, 0) is 12.8 Å². The van der Waals surface area contributed by atoms with E-state index in [9.17, 15) is 18.5 Å². The maximum atomic E-state index is 12.2. The van der Waals surface area contributed by atoms with Crippen LogP contribution in [0.4, 0.5) is 5.69 Å². The first-order valence-electron chi connectivity index (χ1n) is 6.87. The van der Waals surface area contributed by atoms with E-state index in [-0.39, 0.29) is 23.3 Å². The summed E-state index contributed by atoms with van der Waals surface area (Å²) in [7, 11) is -3.66. The van der Waals surface area contributed by atoms with Gasteiger partial charge in [-0.25, -0.2) is 13.1 Å². The summed E-state index contributed by atoms with van der Waals surface area (Å²) >= 11 is 0. The zero-order valence-corrected chi connectivity index (χ0v) is 12.4. The van der Waals surface area contributed by atoms with E-state index in [0.717, 1.165) is 19.3 Å². The monoisotopic (exact) mass is 313 g/mol. The van der Waals surface area contributed by atoms with Crippen LogP contribution in [0.25, 0.3) is 0 Å². The molecule has 0 spiro atoms. The zero-order chi connectivity index (χ0) is 15.5. The second-order valence-electron chi connectivity index (χ2n) is 5.32. The van der Waals surface area contributed by atoms with Crippen LogP contribution in [-0.4, -0.2) is 25.4 Å². The fourth-order valence-electron chi connectivity index (χ4n) is 2.59. The summed E-state index contributed by atoms with van der Waals surface area (Å²) in [6.45, 7) is 0. The molecule has 0 aliphatic heterocycles. The average molecular weight is 313 g/mol. The van der Waals surface area contributed by atoms with E-state index >= 15 is 0 Å². The van der Waals surface area contributed by atoms with E-state index in [1.54, 1.807) is 6.07 Å². The van der Waals surface area contributed by atoms with Gasteiger partial charge in [0.05, 0.1) is 10.7 Å². The molecule has 8 heteroatoms. The van der Waals surface area contributed by atoms with Gasteiger partial charge in [-0.3, -0.25) is 10.1 Å². The number of para-hydroxylation sites is 1. The summed E-state index contributed by atoms with van der Waals surface area (Å²) in [6.07, 6.45) is 3.44. The van der Waals surface area contributed by atoms with Crippen LogP contribution in [0.3, 0.4) is 0 Å². The van der Waals surface area contributed by atoms with Crippen molar-refractivity contribution in [3.8, 4) is 0 Å². The van der Waals surface area contributed by atoms with E-state index < -0.39 is 20.7 Å². The van der Waals surface area contributed by atoms with Crippen molar-refractivity contribution in [2.75, 3.05) is 0 Å². The second kappa shape index (κ2) is 6.50. The van der Waals surface area contributed by atoms with E-state index in [1.165, 1.54) is 18.2 Å². The predicted octanol–water partition coefficient (Wildman–Crippen LogP) is 1.28. The van der Waals surface area contributed by atoms with Gasteiger partial charge in [0.15, 0.2) is 0 Å². The molecule has 0 radical (unpaired) electrons. The van der Waals surface area contributed by atoms with Crippen molar-refractivity contribution in [3.63, 3.8) is 0 Å². The Bertz CT molecular complexity index is 618. The highest BCUT2D eigenvalue weighted by molar-refractivity contribution is 7.88. The van der Waals surface area contributed by atoms with Gasteiger partial charge in [0.25, 0.3) is 5.69 Å². The van der Waals surface area contributed by atoms with Crippen LogP contribution in [0, 0.1) is 10.1 Å². The van der Waals surface area contributed by atoms with Crippen LogP contribution >= 0.6 is 0 Å². The van der Waals surface area contributed by atoms with Crippen LogP contribution in [-0.2, 0) is 15.8 Å². The van der Waals surface area contributed by atoms with Crippen molar-refractivity contribution >= 4 is 15.7 Å². The predicted molar refractivity (Wildman–Crippen MR) is 79.1 cm³/mol. The van der Waals surface area contributed by atoms with Crippen molar-refractivity contribution in [2.45, 2.75) is 43.5 Å². The number of nitrogens with one attached hydrogen (secondary N) is 1. The van der Waals surface area contributed by atoms with Crippen LogP contribution in [0.5, 0.6) is 0 Å². The number of sulfonamides is 1. The number of hydrogen-bond donors (Lipinski definition) is 2. The molecule has 0 saturated heterocycles. The van der Waals surface area contributed by atoms with E-state index in [0.29, 0.717) is 6.42 Å². The number of nitrogens with two attached hydrogens (primary N) is 1. The Kier molecular flexibility index (Phi) is 4.92. The Morgan fingerprint density at radius 2 is 1.95 bits per heavy atom. The first-order chi connectivity index (χ1) is 9.89. The number of nitrogens with zero attached hydrogens (tertiary/aromatic N) is 1. The number of benzene rings is 1. The van der Waals surface area contributed by atoms with Crippen LogP contribution in [0.2, 0.25) is 0 Å². The zero-order valence-electron chi connectivity index (χ0n) is 11.6. The third-order valence-electron chi connectivity index (χ3n) is 3.68. The topological polar surface area (TPSA) is 115 Å². The molecule has 2 atom stereocenters. The second-order valence-corrected chi connectivity index (χ2v) is 7.07. The normalized spacial score (nSPS) is 22.9. The molecule has 0 aromatic heterocycles. The largest absolute Gasteiger partial charge is 0.326 e. The summed E-state index contributed by atoms with van der Waals surface area (Å²) < 4.78 is 27.0. The standard InChI is InChI=1S/C13H19N3O4S/c14-11-6-2-3-7-12(11)15-21(19,20)9-10-5-1-4-8-13(10)16(17)18/h1,4-5,8,11-12,15H,2-3,6-7,9,14H2/t11-,12-/m1/s1. The fraction of sp³-hybridized carbons (Fsp3) is 0.538. The molecule has 2 rings (SSSR count). The van der Waals surface area contributed by atoms with E-state index in [1.807, 2.05) is 0 Å². The Balaban J connectivity index is 2.12. The van der Waals surface area contributed by atoms with Crippen molar-refractivity contribution in [3.05, 3.63) is 39.9 Å². The third kappa shape index (κ3) is 4.23. The summed E-state index contributed by atoms with van der Waals surface area (Å²) in [5, 5.41) is 10.9. The molecule has 1 aromatic carbocycles. The molecular weight excluding hydrogens is 294 g/mol. The lowest BCUT2D eigenvalue weighted by Gasteiger charge is -2.29. The molecule has 0 bridgehead atoms. The number of hydrogen-bond acceptors (Lipinski definition) is 5. The Morgan fingerprint density at radius 3 is 2.62 bits per heavy atom. The quantitative estimate of drug-likeness (QED) is 0.627. The summed E-state index contributed by atoms with van der Waals surface area (Å²) in [4.78, 5) is 10.3. The van der Waals surface area contributed by atoms with Gasteiger partial charge in [-0.15, -0.1) is 0 Å². The lowest BCUT2D eigenvalue weighted by atomic mass is 9.92. The van der Waals surface area contributed by atoms with Crippen LogP contribution in [0.15, 0.2) is 24.3 Å². The molecule has 1 aliphatic carbocycles. The molecule has 1 aromatic rings. The Morgan fingerprint density at radius 1 is 1.29 bits per heavy atom. The summed E-state index contributed by atoms with van der Waals surface area (Å²) in [5.74, 6) is -0.409. The minimum atomic E-state index is -3.66. The number of rotatable bonds is 5. The van der Waals surface area contributed by atoms with Gasteiger partial charge in [0.1, 0.15) is 0 Å². The van der Waals surface area contributed by atoms with Crippen molar-refractivity contribution < 1.29 is 13.3 Å². The van der Waals surface area contributed by atoms with E-state index in [2.05, 4.69) is 4.72 Å². The smallest absolute Gasteiger partial charge is 0.273 e. The molecule has 7 nitrogen and oxygen atoms in total. The molecular formula is C13H19N3O4S. The van der Waals surface area contributed by atoms with Gasteiger partial charge in [-0.1, -0.05) is 31.0 Å². The summed E-state index contributed by atoms with van der Waals surface area (Å²) in [5.41, 5.74) is 5.92. The van der Waals surface area contributed by atoms with E-state index in [4.69, 9.17) is 5.73 Å². The van der Waals surface area contributed by atoms with Gasteiger partial charge in [-0.2, -0.15) is 0 Å². The van der Waals surface area contributed by atoms with Crippen molar-refractivity contribution in [1.29, 1.82) is 0 Å². The highest BCUT2D eigenvalue weighted by Crippen LogP contribution is 2.22. The van der Waals surface area contributed by atoms with Crippen molar-refractivity contribution in [1.82, 2.24) is 4.72 Å². The molecule has 1 aliphatic rings. The fourth-order valence-corrected chi connectivity index (χ4v) is 4.08. The van der Waals surface area contributed by atoms with Crippen LogP contribution in [0.1, 0.15) is 31.2 Å². The third-order valence-corrected chi connectivity index (χ3v) is 5.04.